The molecular weight excluding hydrogens is 296 g/mol. The third-order valence-electron chi connectivity index (χ3n) is 3.41. The minimum absolute atomic E-state index is 0.244. The molecule has 1 aromatic heterocycles. The van der Waals surface area contributed by atoms with Crippen LogP contribution in [-0.2, 0) is 0 Å². The van der Waals surface area contributed by atoms with Crippen molar-refractivity contribution in [2.24, 2.45) is 0 Å². The molecule has 4 nitrogen and oxygen atoms in total. The quantitative estimate of drug-likeness (QED) is 0.856. The van der Waals surface area contributed by atoms with Crippen LogP contribution in [0.25, 0.3) is 0 Å². The van der Waals surface area contributed by atoms with Gasteiger partial charge in [-0.1, -0.05) is 0 Å². The fourth-order valence-corrected chi connectivity index (χ4v) is 2.79. The molecule has 0 aliphatic heterocycles. The van der Waals surface area contributed by atoms with Crippen LogP contribution >= 0.6 is 15.9 Å². The summed E-state index contributed by atoms with van der Waals surface area (Å²) in [6.45, 7) is 0. The van der Waals surface area contributed by atoms with Crippen molar-refractivity contribution in [2.75, 3.05) is 21.2 Å². The number of nitrogens with zero attached hydrogens (tertiary/aromatic N) is 2. The Morgan fingerprint density at radius 2 is 2.17 bits per heavy atom. The summed E-state index contributed by atoms with van der Waals surface area (Å²) >= 11 is 3.47. The van der Waals surface area contributed by atoms with Gasteiger partial charge < -0.3 is 14.4 Å². The predicted molar refractivity (Wildman–Crippen MR) is 74.2 cm³/mol. The zero-order chi connectivity index (χ0) is 13.1. The number of hydrogen-bond donors (Lipinski definition) is 0. The molecule has 0 unspecified atom stereocenters. The molecule has 0 saturated heterocycles. The highest BCUT2D eigenvalue weighted by molar-refractivity contribution is 9.10. The summed E-state index contributed by atoms with van der Waals surface area (Å²) < 4.78 is 12.0. The van der Waals surface area contributed by atoms with E-state index in [1.54, 1.807) is 13.3 Å². The minimum Gasteiger partial charge on any atom is -0.495 e. The van der Waals surface area contributed by atoms with Crippen molar-refractivity contribution in [2.45, 2.75) is 31.4 Å². The van der Waals surface area contributed by atoms with Crippen molar-refractivity contribution in [3.05, 3.63) is 16.7 Å². The van der Waals surface area contributed by atoms with Crippen LogP contribution in [0, 0.1) is 0 Å². The maximum absolute atomic E-state index is 5.96. The predicted octanol–water partition coefficient (Wildman–Crippen LogP) is 2.71. The van der Waals surface area contributed by atoms with Crippen LogP contribution in [0.4, 0.5) is 0 Å². The van der Waals surface area contributed by atoms with Gasteiger partial charge in [-0.15, -0.1) is 0 Å². The first-order valence-electron chi connectivity index (χ1n) is 6.13. The highest BCUT2D eigenvalue weighted by atomic mass is 79.9. The SMILES string of the molecule is COc1ccnc(O[C@@H]2CC[C@@H](N(C)C)C2)c1Br. The zero-order valence-electron chi connectivity index (χ0n) is 11.0. The lowest BCUT2D eigenvalue weighted by Crippen LogP contribution is -2.26. The van der Waals surface area contributed by atoms with E-state index in [0.29, 0.717) is 11.9 Å². The van der Waals surface area contributed by atoms with E-state index in [4.69, 9.17) is 9.47 Å². The van der Waals surface area contributed by atoms with Crippen molar-refractivity contribution in [3.63, 3.8) is 0 Å². The molecule has 0 bridgehead atoms. The lowest BCUT2D eigenvalue weighted by Gasteiger charge is -2.19. The molecule has 100 valence electrons. The van der Waals surface area contributed by atoms with E-state index in [2.05, 4.69) is 39.9 Å². The Balaban J connectivity index is 2.02. The molecular formula is C13H19BrN2O2. The van der Waals surface area contributed by atoms with Gasteiger partial charge in [0, 0.05) is 12.2 Å². The topological polar surface area (TPSA) is 34.6 Å². The van der Waals surface area contributed by atoms with Gasteiger partial charge in [-0.05, 0) is 55.4 Å². The third-order valence-corrected chi connectivity index (χ3v) is 4.14. The van der Waals surface area contributed by atoms with Gasteiger partial charge in [0.1, 0.15) is 16.3 Å². The largest absolute Gasteiger partial charge is 0.495 e. The molecule has 2 rings (SSSR count). The van der Waals surface area contributed by atoms with Crippen molar-refractivity contribution in [1.29, 1.82) is 0 Å². The molecule has 18 heavy (non-hydrogen) atoms. The van der Waals surface area contributed by atoms with Crippen molar-refractivity contribution in [1.82, 2.24) is 9.88 Å². The van der Waals surface area contributed by atoms with Crippen LogP contribution in [0.2, 0.25) is 0 Å². The van der Waals surface area contributed by atoms with E-state index in [1.165, 1.54) is 6.42 Å². The molecule has 0 spiro atoms. The number of pyridine rings is 1. The lowest BCUT2D eigenvalue weighted by molar-refractivity contribution is 0.184. The van der Waals surface area contributed by atoms with E-state index in [1.807, 2.05) is 6.07 Å². The fraction of sp³-hybridized carbons (Fsp3) is 0.615. The number of hydrogen-bond acceptors (Lipinski definition) is 4. The van der Waals surface area contributed by atoms with Gasteiger partial charge in [0.2, 0.25) is 5.88 Å². The number of aromatic nitrogens is 1. The summed E-state index contributed by atoms with van der Waals surface area (Å²) in [6, 6.07) is 2.42. The lowest BCUT2D eigenvalue weighted by atomic mass is 10.2. The van der Waals surface area contributed by atoms with Crippen LogP contribution in [-0.4, -0.2) is 43.2 Å². The summed E-state index contributed by atoms with van der Waals surface area (Å²) in [6.07, 6.45) is 5.26. The number of ether oxygens (including phenoxy) is 2. The Labute approximate surface area is 116 Å². The average Bonchev–Trinajstić information content (AvgIpc) is 2.80. The molecule has 0 radical (unpaired) electrons. The van der Waals surface area contributed by atoms with Crippen LogP contribution in [0.3, 0.4) is 0 Å². The summed E-state index contributed by atoms with van der Waals surface area (Å²) in [4.78, 5) is 6.52. The van der Waals surface area contributed by atoms with Crippen LogP contribution in [0.1, 0.15) is 19.3 Å². The number of methoxy groups -OCH3 is 1. The Bertz CT molecular complexity index is 412. The Kier molecular flexibility index (Phi) is 4.45. The van der Waals surface area contributed by atoms with Crippen molar-refractivity contribution < 1.29 is 9.47 Å². The Morgan fingerprint density at radius 3 is 2.78 bits per heavy atom. The smallest absolute Gasteiger partial charge is 0.232 e. The van der Waals surface area contributed by atoms with Gasteiger partial charge in [-0.2, -0.15) is 0 Å². The van der Waals surface area contributed by atoms with E-state index in [-0.39, 0.29) is 6.10 Å². The maximum atomic E-state index is 5.96. The number of halogens is 1. The highest BCUT2D eigenvalue weighted by Gasteiger charge is 2.28. The van der Waals surface area contributed by atoms with E-state index < -0.39 is 0 Å². The normalized spacial score (nSPS) is 23.4. The molecule has 1 aliphatic carbocycles. The molecule has 1 fully saturated rings. The second-order valence-electron chi connectivity index (χ2n) is 4.80. The van der Waals surface area contributed by atoms with Crippen molar-refractivity contribution in [3.8, 4) is 11.6 Å². The van der Waals surface area contributed by atoms with Gasteiger partial charge in [-0.25, -0.2) is 4.98 Å². The molecule has 2 atom stereocenters. The average molecular weight is 315 g/mol. The minimum atomic E-state index is 0.244. The highest BCUT2D eigenvalue weighted by Crippen LogP contribution is 2.34. The molecule has 0 amide bonds. The molecule has 1 heterocycles. The second kappa shape index (κ2) is 5.89. The van der Waals surface area contributed by atoms with Gasteiger partial charge in [-0.3, -0.25) is 0 Å². The van der Waals surface area contributed by atoms with Crippen LogP contribution < -0.4 is 9.47 Å². The van der Waals surface area contributed by atoms with Crippen molar-refractivity contribution >= 4 is 15.9 Å². The van der Waals surface area contributed by atoms with E-state index in [9.17, 15) is 0 Å². The van der Waals surface area contributed by atoms with Gasteiger partial charge >= 0.3 is 0 Å². The first-order valence-corrected chi connectivity index (χ1v) is 6.92. The summed E-state index contributed by atoms with van der Waals surface area (Å²) in [5.41, 5.74) is 0. The molecule has 0 N–H and O–H groups in total. The van der Waals surface area contributed by atoms with Gasteiger partial charge in [0.25, 0.3) is 0 Å². The number of rotatable bonds is 4. The van der Waals surface area contributed by atoms with Crippen LogP contribution in [0.15, 0.2) is 16.7 Å². The standard InChI is InChI=1S/C13H19BrN2O2/c1-16(2)9-4-5-10(8-9)18-13-12(14)11(17-3)6-7-15-13/h6-7,9-10H,4-5,8H2,1-3H3/t9-,10-/m1/s1. The second-order valence-corrected chi connectivity index (χ2v) is 5.60. The molecule has 0 aromatic carbocycles. The maximum Gasteiger partial charge on any atom is 0.232 e. The fourth-order valence-electron chi connectivity index (χ4n) is 2.30. The summed E-state index contributed by atoms with van der Waals surface area (Å²) in [5.74, 6) is 1.38. The van der Waals surface area contributed by atoms with E-state index >= 15 is 0 Å². The zero-order valence-corrected chi connectivity index (χ0v) is 12.6. The van der Waals surface area contributed by atoms with E-state index in [0.717, 1.165) is 23.1 Å². The van der Waals surface area contributed by atoms with Crippen LogP contribution in [0.5, 0.6) is 11.6 Å². The Morgan fingerprint density at radius 1 is 1.39 bits per heavy atom. The Hall–Kier alpha value is -0.810. The first kappa shape index (κ1) is 13.6. The van der Waals surface area contributed by atoms with Gasteiger partial charge in [0.05, 0.1) is 7.11 Å². The molecule has 1 saturated carbocycles. The molecule has 1 aromatic rings. The summed E-state index contributed by atoms with van der Waals surface area (Å²) in [7, 11) is 5.88. The summed E-state index contributed by atoms with van der Waals surface area (Å²) in [5, 5.41) is 0. The molecule has 1 aliphatic rings. The first-order chi connectivity index (χ1) is 8.61. The monoisotopic (exact) mass is 314 g/mol. The third kappa shape index (κ3) is 2.95. The van der Waals surface area contributed by atoms with Gasteiger partial charge in [0.15, 0.2) is 0 Å². The molecule has 5 heteroatoms.